The molecule has 0 saturated heterocycles. The van der Waals surface area contributed by atoms with Crippen molar-refractivity contribution >= 4 is 15.8 Å². The SMILES string of the molecule is CCN(CC)S(=O)(=O)c1cccc(-n2ccc(=O)c(C(=O)/C=C/N(C)C)n2)c1. The number of aromatic nitrogens is 2. The smallest absolute Gasteiger partial charge is 0.243 e. The van der Waals surface area contributed by atoms with Gasteiger partial charge in [0.25, 0.3) is 0 Å². The molecule has 0 bridgehead atoms. The summed E-state index contributed by atoms with van der Waals surface area (Å²) in [6.45, 7) is 4.26. The van der Waals surface area contributed by atoms with Gasteiger partial charge in [-0.25, -0.2) is 13.1 Å². The normalized spacial score (nSPS) is 11.9. The van der Waals surface area contributed by atoms with E-state index in [0.29, 0.717) is 18.8 Å². The van der Waals surface area contributed by atoms with Crippen LogP contribution < -0.4 is 5.43 Å². The van der Waals surface area contributed by atoms with E-state index in [2.05, 4.69) is 5.10 Å². The van der Waals surface area contributed by atoms with Crippen molar-refractivity contribution in [3.63, 3.8) is 0 Å². The summed E-state index contributed by atoms with van der Waals surface area (Å²) in [5.74, 6) is -0.528. The van der Waals surface area contributed by atoms with E-state index >= 15 is 0 Å². The number of hydrogen-bond acceptors (Lipinski definition) is 6. The third-order valence-electron chi connectivity index (χ3n) is 3.99. The van der Waals surface area contributed by atoms with Crippen LogP contribution in [0, 0.1) is 0 Å². The molecule has 9 heteroatoms. The van der Waals surface area contributed by atoms with Crippen LogP contribution in [-0.4, -0.2) is 60.4 Å². The molecule has 150 valence electrons. The molecule has 28 heavy (non-hydrogen) atoms. The Bertz CT molecular complexity index is 1040. The zero-order valence-corrected chi connectivity index (χ0v) is 17.2. The van der Waals surface area contributed by atoms with Crippen molar-refractivity contribution in [1.82, 2.24) is 19.0 Å². The largest absolute Gasteiger partial charge is 0.383 e. The maximum atomic E-state index is 12.7. The Labute approximate surface area is 164 Å². The fraction of sp³-hybridized carbons (Fsp3) is 0.316. The Morgan fingerprint density at radius 2 is 1.86 bits per heavy atom. The van der Waals surface area contributed by atoms with Crippen LogP contribution >= 0.6 is 0 Å². The number of carbonyl (C=O) groups is 1. The van der Waals surface area contributed by atoms with E-state index in [-0.39, 0.29) is 10.6 Å². The lowest BCUT2D eigenvalue weighted by Crippen LogP contribution is -2.30. The van der Waals surface area contributed by atoms with E-state index in [1.54, 1.807) is 45.0 Å². The molecule has 0 spiro atoms. The lowest BCUT2D eigenvalue weighted by molar-refractivity contribution is 0.103. The van der Waals surface area contributed by atoms with E-state index in [1.807, 2.05) is 0 Å². The van der Waals surface area contributed by atoms with Crippen LogP contribution in [0.25, 0.3) is 5.69 Å². The number of allylic oxidation sites excluding steroid dienone is 1. The van der Waals surface area contributed by atoms with E-state index in [9.17, 15) is 18.0 Å². The number of hydrogen-bond donors (Lipinski definition) is 0. The molecule has 0 N–H and O–H groups in total. The highest BCUT2D eigenvalue weighted by atomic mass is 32.2. The Balaban J connectivity index is 2.49. The van der Waals surface area contributed by atoms with E-state index in [1.165, 1.54) is 45.7 Å². The van der Waals surface area contributed by atoms with Gasteiger partial charge in [-0.2, -0.15) is 9.40 Å². The first-order valence-electron chi connectivity index (χ1n) is 8.80. The molecule has 0 atom stereocenters. The first-order valence-corrected chi connectivity index (χ1v) is 10.2. The molecule has 0 fully saturated rings. The quantitative estimate of drug-likeness (QED) is 0.489. The highest BCUT2D eigenvalue weighted by Crippen LogP contribution is 2.18. The topological polar surface area (TPSA) is 92.6 Å². The molecule has 1 heterocycles. The fourth-order valence-corrected chi connectivity index (χ4v) is 4.02. The number of carbonyl (C=O) groups excluding carboxylic acids is 1. The molecular weight excluding hydrogens is 380 g/mol. The summed E-state index contributed by atoms with van der Waals surface area (Å²) in [7, 11) is -0.133. The summed E-state index contributed by atoms with van der Waals surface area (Å²) < 4.78 is 28.1. The zero-order chi connectivity index (χ0) is 20.9. The minimum atomic E-state index is -3.64. The van der Waals surface area contributed by atoms with Crippen molar-refractivity contribution in [3.05, 3.63) is 64.7 Å². The third kappa shape index (κ3) is 4.73. The monoisotopic (exact) mass is 404 g/mol. The molecule has 2 aromatic rings. The average Bonchev–Trinajstić information content (AvgIpc) is 2.67. The lowest BCUT2D eigenvalue weighted by atomic mass is 10.2. The van der Waals surface area contributed by atoms with Gasteiger partial charge in [-0.3, -0.25) is 9.59 Å². The number of benzene rings is 1. The van der Waals surface area contributed by atoms with Crippen molar-refractivity contribution in [2.24, 2.45) is 0 Å². The van der Waals surface area contributed by atoms with Crippen molar-refractivity contribution in [2.45, 2.75) is 18.7 Å². The maximum absolute atomic E-state index is 12.7. The molecular formula is C19H24N4O4S. The van der Waals surface area contributed by atoms with E-state index in [4.69, 9.17) is 0 Å². The van der Waals surface area contributed by atoms with Gasteiger partial charge in [0.05, 0.1) is 10.6 Å². The zero-order valence-electron chi connectivity index (χ0n) is 16.4. The Hall–Kier alpha value is -2.78. The van der Waals surface area contributed by atoms with Gasteiger partial charge in [-0.15, -0.1) is 0 Å². The summed E-state index contributed by atoms with van der Waals surface area (Å²) in [6.07, 6.45) is 4.19. The van der Waals surface area contributed by atoms with Gasteiger partial charge in [0.2, 0.25) is 21.2 Å². The van der Waals surface area contributed by atoms with Crippen molar-refractivity contribution < 1.29 is 13.2 Å². The maximum Gasteiger partial charge on any atom is 0.243 e. The van der Waals surface area contributed by atoms with Crippen LogP contribution in [0.1, 0.15) is 24.3 Å². The lowest BCUT2D eigenvalue weighted by Gasteiger charge is -2.19. The molecule has 0 radical (unpaired) electrons. The van der Waals surface area contributed by atoms with Gasteiger partial charge in [0.15, 0.2) is 5.69 Å². The van der Waals surface area contributed by atoms with Crippen LogP contribution in [0.5, 0.6) is 0 Å². The second kappa shape index (κ2) is 8.94. The van der Waals surface area contributed by atoms with Crippen molar-refractivity contribution in [3.8, 4) is 5.69 Å². The molecule has 0 aliphatic carbocycles. The average molecular weight is 404 g/mol. The molecule has 0 aliphatic heterocycles. The summed E-state index contributed by atoms with van der Waals surface area (Å²) >= 11 is 0. The number of ketones is 1. The molecule has 0 aliphatic rings. The molecule has 0 amide bonds. The summed E-state index contributed by atoms with van der Waals surface area (Å²) in [5.41, 5.74) is -0.312. The van der Waals surface area contributed by atoms with Crippen LogP contribution in [0.2, 0.25) is 0 Å². The predicted octanol–water partition coefficient (Wildman–Crippen LogP) is 1.52. The summed E-state index contributed by atoms with van der Waals surface area (Å²) in [4.78, 5) is 26.1. The Kier molecular flexibility index (Phi) is 6.87. The van der Waals surface area contributed by atoms with Crippen molar-refractivity contribution in [2.75, 3.05) is 27.2 Å². The minimum Gasteiger partial charge on any atom is -0.383 e. The summed E-state index contributed by atoms with van der Waals surface area (Å²) in [5, 5.41) is 4.11. The van der Waals surface area contributed by atoms with Crippen LogP contribution in [0.4, 0.5) is 0 Å². The van der Waals surface area contributed by atoms with Gasteiger partial charge < -0.3 is 4.90 Å². The van der Waals surface area contributed by atoms with E-state index < -0.39 is 21.2 Å². The second-order valence-electron chi connectivity index (χ2n) is 6.20. The molecule has 1 aromatic carbocycles. The minimum absolute atomic E-state index is 0.120. The van der Waals surface area contributed by atoms with Crippen molar-refractivity contribution in [1.29, 1.82) is 0 Å². The number of rotatable bonds is 8. The number of sulfonamides is 1. The molecule has 8 nitrogen and oxygen atoms in total. The highest BCUT2D eigenvalue weighted by molar-refractivity contribution is 7.89. The highest BCUT2D eigenvalue weighted by Gasteiger charge is 2.22. The van der Waals surface area contributed by atoms with Crippen LogP contribution in [0.15, 0.2) is 58.5 Å². The van der Waals surface area contributed by atoms with E-state index in [0.717, 1.165) is 0 Å². The van der Waals surface area contributed by atoms with Gasteiger partial charge in [0.1, 0.15) is 0 Å². The number of nitrogens with zero attached hydrogens (tertiary/aromatic N) is 4. The first-order chi connectivity index (χ1) is 13.2. The standard InChI is InChI=1S/C19H24N4O4S/c1-5-22(6-2)28(26,27)16-9-7-8-15(14-16)23-13-11-18(25)19(20-23)17(24)10-12-21(3)4/h7-14H,5-6H2,1-4H3/b12-10+. The van der Waals surface area contributed by atoms with Crippen LogP contribution in [-0.2, 0) is 10.0 Å². The Morgan fingerprint density at radius 3 is 2.46 bits per heavy atom. The molecule has 2 rings (SSSR count). The molecule has 1 aromatic heterocycles. The van der Waals surface area contributed by atoms with Gasteiger partial charge in [0, 0.05) is 51.7 Å². The summed E-state index contributed by atoms with van der Waals surface area (Å²) in [6, 6.07) is 7.46. The molecule has 0 saturated carbocycles. The first kappa shape index (κ1) is 21.5. The second-order valence-corrected chi connectivity index (χ2v) is 8.14. The molecule has 0 unspecified atom stereocenters. The van der Waals surface area contributed by atoms with Gasteiger partial charge in [-0.1, -0.05) is 19.9 Å². The van der Waals surface area contributed by atoms with Crippen LogP contribution in [0.3, 0.4) is 0 Å². The van der Waals surface area contributed by atoms with Gasteiger partial charge >= 0.3 is 0 Å². The Morgan fingerprint density at radius 1 is 1.18 bits per heavy atom. The fourth-order valence-electron chi connectivity index (χ4n) is 2.52. The predicted molar refractivity (Wildman–Crippen MR) is 107 cm³/mol. The van der Waals surface area contributed by atoms with Gasteiger partial charge in [-0.05, 0) is 18.2 Å². The third-order valence-corrected chi connectivity index (χ3v) is 6.04.